The van der Waals surface area contributed by atoms with Gasteiger partial charge in [0.15, 0.2) is 6.29 Å². The molecule has 2 spiro atoms. The van der Waals surface area contributed by atoms with Gasteiger partial charge in [0.1, 0.15) is 24.4 Å². The van der Waals surface area contributed by atoms with Crippen LogP contribution in [0, 0.1) is 44.8 Å². The number of fused-ring (bicyclic) bond motifs is 2. The lowest BCUT2D eigenvalue weighted by Crippen LogP contribution is -2.62. The van der Waals surface area contributed by atoms with Crippen molar-refractivity contribution in [3.63, 3.8) is 0 Å². The van der Waals surface area contributed by atoms with Crippen LogP contribution in [0.15, 0.2) is 0 Å². The molecule has 10 heteroatoms. The average Bonchev–Trinajstić information content (AvgIpc) is 3.40. The van der Waals surface area contributed by atoms with Crippen molar-refractivity contribution in [3.05, 3.63) is 0 Å². The first kappa shape index (κ1) is 34.6. The minimum Gasteiger partial charge on any atom is -0.459 e. The van der Waals surface area contributed by atoms with Crippen LogP contribution in [0.1, 0.15) is 113 Å². The Morgan fingerprint density at radius 1 is 0.830 bits per heavy atom. The molecule has 0 bridgehead atoms. The van der Waals surface area contributed by atoms with Crippen molar-refractivity contribution in [2.75, 3.05) is 6.61 Å². The lowest BCUT2D eigenvalue weighted by atomic mass is 9.41. The molecule has 0 unspecified atom stereocenters. The van der Waals surface area contributed by atoms with Crippen LogP contribution in [0.5, 0.6) is 0 Å². The molecule has 2 saturated heterocycles. The Bertz CT molecular complexity index is 1270. The van der Waals surface area contributed by atoms with Gasteiger partial charge in [0.05, 0.1) is 36.1 Å². The predicted molar refractivity (Wildman–Crippen MR) is 171 cm³/mol. The van der Waals surface area contributed by atoms with Gasteiger partial charge in [-0.1, -0.05) is 27.7 Å². The Kier molecular flexibility index (Phi) is 7.80. The highest BCUT2D eigenvalue weighted by Crippen LogP contribution is 2.89. The van der Waals surface area contributed by atoms with E-state index >= 15 is 0 Å². The van der Waals surface area contributed by atoms with E-state index in [2.05, 4.69) is 34.6 Å². The van der Waals surface area contributed by atoms with E-state index in [-0.39, 0.29) is 58.3 Å². The van der Waals surface area contributed by atoms with Crippen molar-refractivity contribution < 1.29 is 49.3 Å². The van der Waals surface area contributed by atoms with Gasteiger partial charge in [-0.2, -0.15) is 0 Å². The number of hydrogen-bond acceptors (Lipinski definition) is 10. The fraction of sp³-hybridized carbons (Fsp3) is 0.973. The van der Waals surface area contributed by atoms with Gasteiger partial charge in [0, 0.05) is 18.3 Å². The number of aliphatic hydroxyl groups is 5. The average molecular weight is 665 g/mol. The summed E-state index contributed by atoms with van der Waals surface area (Å²) in [4.78, 5) is 12.7. The highest BCUT2D eigenvalue weighted by molar-refractivity contribution is 5.66. The van der Waals surface area contributed by atoms with E-state index in [9.17, 15) is 30.3 Å². The summed E-state index contributed by atoms with van der Waals surface area (Å²) in [6, 6.07) is 0. The topological polar surface area (TPSA) is 155 Å². The molecule has 7 rings (SSSR count). The minimum atomic E-state index is -1.31. The van der Waals surface area contributed by atoms with E-state index in [1.165, 1.54) is 6.92 Å². The van der Waals surface area contributed by atoms with E-state index in [1.54, 1.807) is 13.8 Å². The fourth-order valence-corrected chi connectivity index (χ4v) is 13.7. The van der Waals surface area contributed by atoms with Crippen molar-refractivity contribution in [1.82, 2.24) is 0 Å². The number of esters is 1. The van der Waals surface area contributed by atoms with Crippen molar-refractivity contribution >= 4 is 5.97 Å². The summed E-state index contributed by atoms with van der Waals surface area (Å²) < 4.78 is 25.1. The molecule has 5 saturated carbocycles. The fourth-order valence-electron chi connectivity index (χ4n) is 13.7. The SMILES string of the molecule is CC(=O)O[C@H]1[C@H](O)[C@H]([C@]2(C)CC[C@H](C(C)(C)O)O2)[C@@]2(C)CC[C@@]34C[C@@]35CC[C@H](O[C@@H]3OC[C@@H](O)[C@H](O)[C@H]3O)C(C)(C)[C@H]5CC[C@H]4[C@]12C. The number of rotatable bonds is 5. The van der Waals surface area contributed by atoms with Gasteiger partial charge < -0.3 is 44.5 Å². The smallest absolute Gasteiger partial charge is 0.303 e. The van der Waals surface area contributed by atoms with E-state index in [0.717, 1.165) is 51.4 Å². The minimum absolute atomic E-state index is 0.0770. The van der Waals surface area contributed by atoms with Crippen LogP contribution in [0.3, 0.4) is 0 Å². The van der Waals surface area contributed by atoms with Crippen LogP contribution >= 0.6 is 0 Å². The van der Waals surface area contributed by atoms with Crippen molar-refractivity contribution in [2.24, 2.45) is 44.8 Å². The van der Waals surface area contributed by atoms with Crippen LogP contribution in [0.25, 0.3) is 0 Å². The Morgan fingerprint density at radius 2 is 1.49 bits per heavy atom. The molecule has 268 valence electrons. The Morgan fingerprint density at radius 3 is 2.13 bits per heavy atom. The molecule has 10 nitrogen and oxygen atoms in total. The first-order chi connectivity index (χ1) is 21.7. The summed E-state index contributed by atoms with van der Waals surface area (Å²) in [7, 11) is 0. The maximum Gasteiger partial charge on any atom is 0.303 e. The van der Waals surface area contributed by atoms with Gasteiger partial charge in [-0.3, -0.25) is 4.79 Å². The van der Waals surface area contributed by atoms with Crippen LogP contribution < -0.4 is 0 Å². The zero-order valence-electron chi connectivity index (χ0n) is 29.7. The highest BCUT2D eigenvalue weighted by Gasteiger charge is 2.85. The zero-order valence-corrected chi connectivity index (χ0v) is 29.7. The second-order valence-electron chi connectivity index (χ2n) is 18.7. The zero-order chi connectivity index (χ0) is 34.3. The molecule has 0 aromatic carbocycles. The number of ether oxygens (including phenoxy) is 4. The summed E-state index contributed by atoms with van der Waals surface area (Å²) in [5.41, 5.74) is -2.49. The van der Waals surface area contributed by atoms with E-state index < -0.39 is 53.4 Å². The quantitative estimate of drug-likeness (QED) is 0.218. The van der Waals surface area contributed by atoms with Gasteiger partial charge in [0.2, 0.25) is 0 Å². The summed E-state index contributed by atoms with van der Waals surface area (Å²) in [6.45, 7) is 16.2. The summed E-state index contributed by atoms with van der Waals surface area (Å²) in [5.74, 6) is 0.0227. The van der Waals surface area contributed by atoms with Crippen molar-refractivity contribution in [2.45, 2.75) is 173 Å². The molecule has 2 aliphatic heterocycles. The van der Waals surface area contributed by atoms with Gasteiger partial charge in [-0.15, -0.1) is 0 Å². The second kappa shape index (κ2) is 10.6. The van der Waals surface area contributed by atoms with Crippen molar-refractivity contribution in [1.29, 1.82) is 0 Å². The predicted octanol–water partition coefficient (Wildman–Crippen LogP) is 3.47. The first-order valence-electron chi connectivity index (χ1n) is 18.3. The van der Waals surface area contributed by atoms with E-state index in [4.69, 9.17) is 18.9 Å². The van der Waals surface area contributed by atoms with Gasteiger partial charge in [0.25, 0.3) is 0 Å². The van der Waals surface area contributed by atoms with Crippen LogP contribution in [-0.2, 0) is 23.7 Å². The maximum atomic E-state index is 12.7. The summed E-state index contributed by atoms with van der Waals surface area (Å²) in [6.07, 6.45) is 1.51. The molecular formula is C37H60O10. The summed E-state index contributed by atoms with van der Waals surface area (Å²) >= 11 is 0. The molecule has 0 aromatic rings. The monoisotopic (exact) mass is 664 g/mol. The Balaban J connectivity index is 1.19. The molecule has 7 aliphatic rings. The van der Waals surface area contributed by atoms with Crippen LogP contribution in [0.4, 0.5) is 0 Å². The van der Waals surface area contributed by atoms with Gasteiger partial charge >= 0.3 is 5.97 Å². The maximum absolute atomic E-state index is 12.7. The normalized spacial score (nSPS) is 56.6. The number of carbonyl (C=O) groups excluding carboxylic acids is 1. The van der Waals surface area contributed by atoms with Crippen LogP contribution in [0.2, 0.25) is 0 Å². The summed E-state index contributed by atoms with van der Waals surface area (Å²) in [5, 5.41) is 54.0. The largest absolute Gasteiger partial charge is 0.459 e. The molecule has 47 heavy (non-hydrogen) atoms. The number of carbonyl (C=O) groups is 1. The second-order valence-corrected chi connectivity index (χ2v) is 18.7. The van der Waals surface area contributed by atoms with Gasteiger partial charge in [-0.05, 0) is 112 Å². The lowest BCUT2D eigenvalue weighted by molar-refractivity contribution is -0.303. The Labute approximate surface area is 279 Å². The first-order valence-corrected chi connectivity index (χ1v) is 18.3. The third-order valence-electron chi connectivity index (χ3n) is 15.9. The molecule has 0 aromatic heterocycles. The standard InChI is InChI=1S/C37H60O10/c1-19(38)45-29-27(42)28(34(7)13-11-24(47-34)32(4,5)43)33(6)15-16-37-18-36(37)14-12-23(46-30-26(41)25(40)20(39)17-44-30)31(2,3)21(36)9-10-22(37)35(29,33)8/h20-30,39-43H,9-18H2,1-8H3/t20-,21-,22+,23+,24-,25+,26-,27-,28+,29+,30+,33-,34+,35-,36-,37+/m1/s1. The third-order valence-corrected chi connectivity index (χ3v) is 15.9. The van der Waals surface area contributed by atoms with Crippen molar-refractivity contribution in [3.8, 4) is 0 Å². The number of hydrogen-bond donors (Lipinski definition) is 5. The van der Waals surface area contributed by atoms with Gasteiger partial charge in [-0.25, -0.2) is 0 Å². The lowest BCUT2D eigenvalue weighted by Gasteiger charge is -2.64. The molecule has 0 radical (unpaired) electrons. The Hall–Kier alpha value is -0.850. The molecular weight excluding hydrogens is 604 g/mol. The molecule has 16 atom stereocenters. The third kappa shape index (κ3) is 4.47. The highest BCUT2D eigenvalue weighted by atomic mass is 16.7. The van der Waals surface area contributed by atoms with E-state index in [1.807, 2.05) is 0 Å². The number of aliphatic hydroxyl groups excluding tert-OH is 4. The molecule has 0 amide bonds. The van der Waals surface area contributed by atoms with Crippen LogP contribution in [-0.4, -0.2) is 98.3 Å². The van der Waals surface area contributed by atoms with E-state index in [0.29, 0.717) is 12.3 Å². The molecule has 7 fully saturated rings. The molecule has 2 heterocycles. The molecule has 5 aliphatic carbocycles. The molecule has 5 N–H and O–H groups in total.